The van der Waals surface area contributed by atoms with E-state index in [1.165, 1.54) is 19.6 Å². The van der Waals surface area contributed by atoms with Gasteiger partial charge in [0, 0.05) is 37.0 Å². The number of hydrogen-bond donors (Lipinski definition) is 3. The van der Waals surface area contributed by atoms with Crippen molar-refractivity contribution in [2.45, 2.75) is 50.6 Å². The number of piperidine rings is 1. The molecule has 0 radical (unpaired) electrons. The van der Waals surface area contributed by atoms with E-state index in [0.29, 0.717) is 47.1 Å². The summed E-state index contributed by atoms with van der Waals surface area (Å²) in [4.78, 5) is 23.6. The quantitative estimate of drug-likeness (QED) is 0.136. The highest BCUT2D eigenvalue weighted by molar-refractivity contribution is 5.83. The van der Waals surface area contributed by atoms with Crippen molar-refractivity contribution >= 4 is 22.7 Å². The minimum absolute atomic E-state index is 0.0901. The van der Waals surface area contributed by atoms with Crippen LogP contribution in [0, 0.1) is 11.6 Å². The van der Waals surface area contributed by atoms with E-state index in [0.717, 1.165) is 12.1 Å². The number of anilines is 2. The van der Waals surface area contributed by atoms with Crippen LogP contribution in [0.3, 0.4) is 0 Å². The lowest BCUT2D eigenvalue weighted by Gasteiger charge is -2.44. The second-order valence-electron chi connectivity index (χ2n) is 11.5. The fraction of sp³-hybridized carbons (Fsp3) is 0.344. The molecule has 0 spiro atoms. The number of halogens is 4. The summed E-state index contributed by atoms with van der Waals surface area (Å²) in [5.41, 5.74) is 6.72. The Labute approximate surface area is 272 Å². The van der Waals surface area contributed by atoms with Gasteiger partial charge in [0.05, 0.1) is 43.1 Å². The van der Waals surface area contributed by atoms with Crippen molar-refractivity contribution in [3.63, 3.8) is 0 Å². The summed E-state index contributed by atoms with van der Waals surface area (Å²) in [5, 5.41) is 13.4. The third kappa shape index (κ3) is 6.66. The first-order chi connectivity index (χ1) is 23.1. The van der Waals surface area contributed by atoms with E-state index in [9.17, 15) is 18.3 Å². The first-order valence-electron chi connectivity index (χ1n) is 15.1. The number of rotatable bonds is 11. The van der Waals surface area contributed by atoms with E-state index in [1.54, 1.807) is 53.2 Å². The highest BCUT2D eigenvalue weighted by Gasteiger charge is 2.43. The van der Waals surface area contributed by atoms with Crippen LogP contribution in [0.4, 0.5) is 29.1 Å². The fourth-order valence-corrected chi connectivity index (χ4v) is 5.85. The second kappa shape index (κ2) is 13.6. The van der Waals surface area contributed by atoms with E-state index in [2.05, 4.69) is 30.2 Å². The minimum Gasteiger partial charge on any atom is -0.494 e. The zero-order chi connectivity index (χ0) is 34.0. The number of imidazole rings is 1. The van der Waals surface area contributed by atoms with Crippen LogP contribution in [-0.2, 0) is 6.54 Å². The predicted molar refractivity (Wildman–Crippen MR) is 169 cm³/mol. The molecule has 1 unspecified atom stereocenters. The van der Waals surface area contributed by atoms with Crippen LogP contribution in [0.25, 0.3) is 22.4 Å². The Bertz CT molecular complexity index is 1900. The Morgan fingerprint density at radius 3 is 2.67 bits per heavy atom. The maximum absolute atomic E-state index is 15.2. The Morgan fingerprint density at radius 1 is 1.08 bits per heavy atom. The molecule has 3 atom stereocenters. The van der Waals surface area contributed by atoms with Crippen LogP contribution in [0.5, 0.6) is 11.6 Å². The largest absolute Gasteiger partial charge is 0.494 e. The average molecular weight is 668 g/mol. The number of hydrogen-bond acceptors (Lipinski definition) is 11. The van der Waals surface area contributed by atoms with Gasteiger partial charge in [0.2, 0.25) is 5.88 Å². The summed E-state index contributed by atoms with van der Waals surface area (Å²) in [5.74, 6) is -0.963. The van der Waals surface area contributed by atoms with Crippen LogP contribution < -0.4 is 25.4 Å². The molecule has 4 N–H and O–H groups in total. The van der Waals surface area contributed by atoms with Gasteiger partial charge in [-0.2, -0.15) is 0 Å². The molecular formula is C32H33F4N9O3. The van der Waals surface area contributed by atoms with E-state index in [-0.39, 0.29) is 36.5 Å². The van der Waals surface area contributed by atoms with Crippen molar-refractivity contribution in [3.05, 3.63) is 78.6 Å². The number of alkyl halides is 2. The van der Waals surface area contributed by atoms with Gasteiger partial charge in [-0.15, -0.1) is 0 Å². The molecule has 1 aliphatic rings. The fourth-order valence-electron chi connectivity index (χ4n) is 5.85. The van der Waals surface area contributed by atoms with Gasteiger partial charge in [-0.05, 0) is 43.5 Å². The van der Waals surface area contributed by atoms with Crippen LogP contribution in [-0.4, -0.2) is 79.1 Å². The maximum atomic E-state index is 15.2. The molecule has 0 bridgehead atoms. The molecule has 12 nitrogen and oxygen atoms in total. The second-order valence-corrected chi connectivity index (χ2v) is 11.5. The number of methoxy groups -OCH3 is 1. The number of aliphatic hydroxyl groups is 1. The Morgan fingerprint density at radius 2 is 1.92 bits per heavy atom. The highest BCUT2D eigenvalue weighted by atomic mass is 19.3. The van der Waals surface area contributed by atoms with Crippen LogP contribution in [0.2, 0.25) is 0 Å². The van der Waals surface area contributed by atoms with Gasteiger partial charge in [-0.3, -0.25) is 4.98 Å². The normalized spacial score (nSPS) is 17.8. The standard InChI is InChI=1S/C32H33F4N9O3/c1-18(48-26-6-3-4-8-38-26)43-30-27-31(41-16-40-30)45(17-42-27)14-19-10-23(20-11-22(34)25(47-2)12-21(20)33)39-13-24(19)44-9-5-7-32(37,15-44)28(46)29(35)36/h3-4,6,8,10-13,16-18,28-29,46H,5,7,9,14-15,37H2,1-2H3,(H,40,41,43)/t18?,28-,32-/m1/s1. The molecule has 16 heteroatoms. The summed E-state index contributed by atoms with van der Waals surface area (Å²) >= 11 is 0. The molecule has 1 aliphatic heterocycles. The Hall–Kier alpha value is -5.09. The number of aliphatic hydroxyl groups excluding tert-OH is 1. The van der Waals surface area contributed by atoms with Gasteiger partial charge in [0.15, 0.2) is 34.8 Å². The molecule has 5 aromatic rings. The van der Waals surface area contributed by atoms with E-state index in [4.69, 9.17) is 15.2 Å². The Kier molecular flexibility index (Phi) is 9.28. The molecule has 6 rings (SSSR count). The number of nitrogens with zero attached hydrogens (tertiary/aromatic N) is 7. The molecule has 1 aromatic carbocycles. The number of aromatic nitrogens is 6. The van der Waals surface area contributed by atoms with Crippen LogP contribution >= 0.6 is 0 Å². The molecule has 48 heavy (non-hydrogen) atoms. The zero-order valence-electron chi connectivity index (χ0n) is 26.0. The summed E-state index contributed by atoms with van der Waals surface area (Å²) < 4.78 is 69.4. The van der Waals surface area contributed by atoms with E-state index >= 15 is 4.39 Å². The lowest BCUT2D eigenvalue weighted by Crippen LogP contribution is -2.63. The molecule has 0 amide bonds. The van der Waals surface area contributed by atoms with Crippen molar-refractivity contribution in [2.24, 2.45) is 5.73 Å². The summed E-state index contributed by atoms with van der Waals surface area (Å²) in [6, 6.07) is 8.82. The van der Waals surface area contributed by atoms with Crippen molar-refractivity contribution in [2.75, 3.05) is 30.4 Å². The minimum atomic E-state index is -3.03. The van der Waals surface area contributed by atoms with Gasteiger partial charge in [0.1, 0.15) is 18.2 Å². The van der Waals surface area contributed by atoms with E-state index in [1.807, 2.05) is 0 Å². The van der Waals surface area contributed by atoms with Crippen molar-refractivity contribution < 1.29 is 32.1 Å². The zero-order valence-corrected chi connectivity index (χ0v) is 26.0. The lowest BCUT2D eigenvalue weighted by atomic mass is 9.84. The first-order valence-corrected chi connectivity index (χ1v) is 15.1. The molecule has 0 aliphatic carbocycles. The SMILES string of the molecule is COc1cc(F)c(-c2cc(Cn3cnc4c(NC(C)Oc5ccccn5)ncnc43)c(N3CCC[C@](N)([C@H](O)C(F)F)C3)cn2)cc1F. The number of pyridine rings is 2. The average Bonchev–Trinajstić information content (AvgIpc) is 3.49. The van der Waals surface area contributed by atoms with Gasteiger partial charge >= 0.3 is 0 Å². The monoisotopic (exact) mass is 667 g/mol. The molecule has 5 heterocycles. The van der Waals surface area contributed by atoms with Crippen LogP contribution in [0.1, 0.15) is 25.3 Å². The van der Waals surface area contributed by atoms with Gasteiger partial charge in [-0.1, -0.05) is 6.07 Å². The molecule has 1 fully saturated rings. The number of ether oxygens (including phenoxy) is 2. The number of nitrogens with one attached hydrogen (secondary N) is 1. The molecule has 252 valence electrons. The third-order valence-electron chi connectivity index (χ3n) is 8.22. The van der Waals surface area contributed by atoms with Crippen molar-refractivity contribution in [1.82, 2.24) is 29.5 Å². The molecule has 1 saturated heterocycles. The van der Waals surface area contributed by atoms with E-state index < -0.39 is 35.9 Å². The third-order valence-corrected chi connectivity index (χ3v) is 8.22. The van der Waals surface area contributed by atoms with Crippen LogP contribution in [0.15, 0.2) is 61.4 Å². The topological polar surface area (TPSA) is 149 Å². The molecule has 4 aromatic heterocycles. The van der Waals surface area contributed by atoms with Crippen molar-refractivity contribution in [3.8, 4) is 22.9 Å². The predicted octanol–water partition coefficient (Wildman–Crippen LogP) is 4.38. The molecular weight excluding hydrogens is 634 g/mol. The number of fused-ring (bicyclic) bond motifs is 1. The number of benzene rings is 1. The summed E-state index contributed by atoms with van der Waals surface area (Å²) in [6.45, 7) is 2.24. The highest BCUT2D eigenvalue weighted by Crippen LogP contribution is 2.35. The lowest BCUT2D eigenvalue weighted by molar-refractivity contribution is -0.0529. The smallest absolute Gasteiger partial charge is 0.265 e. The first kappa shape index (κ1) is 32.8. The van der Waals surface area contributed by atoms with Gasteiger partial charge < -0.3 is 35.1 Å². The van der Waals surface area contributed by atoms with Gasteiger partial charge in [-0.25, -0.2) is 37.5 Å². The molecule has 0 saturated carbocycles. The maximum Gasteiger partial charge on any atom is 0.265 e. The number of nitrogens with two attached hydrogens (primary N) is 1. The van der Waals surface area contributed by atoms with Crippen molar-refractivity contribution in [1.29, 1.82) is 0 Å². The summed E-state index contributed by atoms with van der Waals surface area (Å²) in [7, 11) is 1.23. The Balaban J connectivity index is 1.36. The van der Waals surface area contributed by atoms with Gasteiger partial charge in [0.25, 0.3) is 6.43 Å². The summed E-state index contributed by atoms with van der Waals surface area (Å²) in [6.07, 6.45) is 1.00.